The van der Waals surface area contributed by atoms with Crippen LogP contribution in [-0.2, 0) is 9.53 Å². The fourth-order valence-electron chi connectivity index (χ4n) is 1.62. The van der Waals surface area contributed by atoms with Gasteiger partial charge in [0.1, 0.15) is 11.6 Å². The van der Waals surface area contributed by atoms with Crippen LogP contribution in [-0.4, -0.2) is 40.3 Å². The molecule has 0 unspecified atom stereocenters. The van der Waals surface area contributed by atoms with Gasteiger partial charge < -0.3 is 14.4 Å². The molecule has 0 aromatic heterocycles. The van der Waals surface area contributed by atoms with Crippen LogP contribution in [0.1, 0.15) is 0 Å². The summed E-state index contributed by atoms with van der Waals surface area (Å²) in [5.74, 6) is 0.302. The van der Waals surface area contributed by atoms with Gasteiger partial charge in [-0.15, -0.1) is 11.6 Å². The fourth-order valence-corrected chi connectivity index (χ4v) is 2.85. The topological polar surface area (TPSA) is 38.8 Å². The molecule has 1 aromatic carbocycles. The Balaban J connectivity index is 2.50. The summed E-state index contributed by atoms with van der Waals surface area (Å²) >= 11 is 11.7. The first-order chi connectivity index (χ1) is 10.2. The average Bonchev–Trinajstić information content (AvgIpc) is 2.44. The highest BCUT2D eigenvalue weighted by atomic mass is 35.5. The number of alkyl halides is 1. The lowest BCUT2D eigenvalue weighted by atomic mass is 10.3. The van der Waals surface area contributed by atoms with Crippen molar-refractivity contribution in [3.05, 3.63) is 23.2 Å². The van der Waals surface area contributed by atoms with E-state index in [4.69, 9.17) is 32.7 Å². The standard InChI is InChI=1S/C15H23Cl2NO3Si/c1-18(15(19)10-16)14-6-5-12(9-13(14)17)21-11-20-7-8-22(2,3)4/h5-6,9H,7-8,10-11H2,1-4H3. The van der Waals surface area contributed by atoms with Gasteiger partial charge in [0.25, 0.3) is 0 Å². The lowest BCUT2D eigenvalue weighted by molar-refractivity contribution is -0.116. The van der Waals surface area contributed by atoms with Crippen LogP contribution in [0.3, 0.4) is 0 Å². The molecule has 0 saturated carbocycles. The minimum Gasteiger partial charge on any atom is -0.468 e. The van der Waals surface area contributed by atoms with Crippen molar-refractivity contribution in [2.75, 3.05) is 31.2 Å². The molecule has 7 heteroatoms. The zero-order valence-corrected chi connectivity index (χ0v) is 16.0. The number of carbonyl (C=O) groups excluding carboxylic acids is 1. The van der Waals surface area contributed by atoms with Crippen molar-refractivity contribution in [1.82, 2.24) is 0 Å². The molecule has 124 valence electrons. The number of amides is 1. The third-order valence-electron chi connectivity index (χ3n) is 3.07. The van der Waals surface area contributed by atoms with Crippen LogP contribution in [0.4, 0.5) is 5.69 Å². The van der Waals surface area contributed by atoms with Crippen LogP contribution in [0.25, 0.3) is 0 Å². The molecule has 0 atom stereocenters. The summed E-state index contributed by atoms with van der Waals surface area (Å²) in [5, 5.41) is 0.431. The van der Waals surface area contributed by atoms with Gasteiger partial charge in [0.15, 0.2) is 6.79 Å². The third kappa shape index (κ3) is 6.56. The van der Waals surface area contributed by atoms with E-state index in [0.717, 1.165) is 6.04 Å². The molecule has 0 N–H and O–H groups in total. The second-order valence-corrected chi connectivity index (χ2v) is 12.5. The van der Waals surface area contributed by atoms with Crippen LogP contribution in [0.2, 0.25) is 30.7 Å². The van der Waals surface area contributed by atoms with Crippen LogP contribution in [0, 0.1) is 0 Å². The largest absolute Gasteiger partial charge is 0.468 e. The van der Waals surface area contributed by atoms with E-state index >= 15 is 0 Å². The number of rotatable bonds is 8. The molecule has 0 bridgehead atoms. The summed E-state index contributed by atoms with van der Waals surface area (Å²) in [5.41, 5.74) is 0.597. The van der Waals surface area contributed by atoms with Crippen LogP contribution in [0.5, 0.6) is 5.75 Å². The van der Waals surface area contributed by atoms with Crippen molar-refractivity contribution in [3.63, 3.8) is 0 Å². The SMILES string of the molecule is CN(C(=O)CCl)c1ccc(OCOCC[Si](C)(C)C)cc1Cl. The second kappa shape index (κ2) is 8.77. The van der Waals surface area contributed by atoms with Crippen molar-refractivity contribution in [1.29, 1.82) is 0 Å². The Morgan fingerprint density at radius 2 is 2.00 bits per heavy atom. The maximum Gasteiger partial charge on any atom is 0.241 e. The van der Waals surface area contributed by atoms with Crippen molar-refractivity contribution < 1.29 is 14.3 Å². The molecule has 4 nitrogen and oxygen atoms in total. The summed E-state index contributed by atoms with van der Waals surface area (Å²) < 4.78 is 11.0. The molecule has 0 saturated heterocycles. The van der Waals surface area contributed by atoms with Crippen molar-refractivity contribution in [2.45, 2.75) is 25.7 Å². The summed E-state index contributed by atoms with van der Waals surface area (Å²) in [4.78, 5) is 13.0. The second-order valence-electron chi connectivity index (χ2n) is 6.18. The molecule has 0 aliphatic carbocycles. The van der Waals surface area contributed by atoms with Gasteiger partial charge in [-0.05, 0) is 18.2 Å². The first kappa shape index (κ1) is 19.3. The van der Waals surface area contributed by atoms with Crippen LogP contribution in [0.15, 0.2) is 18.2 Å². The fraction of sp³-hybridized carbons (Fsp3) is 0.533. The number of benzene rings is 1. The molecule has 1 aromatic rings. The Morgan fingerprint density at radius 3 is 2.55 bits per heavy atom. The molecule has 0 spiro atoms. The number of anilines is 1. The summed E-state index contributed by atoms with van der Waals surface area (Å²) in [6, 6.07) is 6.24. The van der Waals surface area contributed by atoms with E-state index < -0.39 is 8.07 Å². The van der Waals surface area contributed by atoms with Gasteiger partial charge in [0.2, 0.25) is 5.91 Å². The third-order valence-corrected chi connectivity index (χ3v) is 5.31. The quantitative estimate of drug-likeness (QED) is 0.300. The first-order valence-corrected chi connectivity index (χ1v) is 11.7. The highest BCUT2D eigenvalue weighted by Crippen LogP contribution is 2.29. The molecule has 22 heavy (non-hydrogen) atoms. The Bertz CT molecular complexity index is 506. The molecule has 1 rings (SSSR count). The van der Waals surface area contributed by atoms with Crippen LogP contribution < -0.4 is 9.64 Å². The molecule has 1 amide bonds. The summed E-state index contributed by atoms with van der Waals surface area (Å²) in [6.45, 7) is 7.79. The lowest BCUT2D eigenvalue weighted by Gasteiger charge is -2.18. The highest BCUT2D eigenvalue weighted by molar-refractivity contribution is 6.76. The monoisotopic (exact) mass is 363 g/mol. The minimum atomic E-state index is -1.08. The van der Waals surface area contributed by atoms with Gasteiger partial charge in [0, 0.05) is 27.8 Å². The van der Waals surface area contributed by atoms with Gasteiger partial charge in [-0.1, -0.05) is 31.2 Å². The zero-order chi connectivity index (χ0) is 16.8. The van der Waals surface area contributed by atoms with Gasteiger partial charge in [-0.2, -0.15) is 0 Å². The Kier molecular flexibility index (Phi) is 7.69. The van der Waals surface area contributed by atoms with Gasteiger partial charge >= 0.3 is 0 Å². The average molecular weight is 364 g/mol. The number of carbonyl (C=O) groups is 1. The van der Waals surface area contributed by atoms with E-state index in [1.807, 2.05) is 0 Å². The van der Waals surface area contributed by atoms with Crippen molar-refractivity contribution >= 4 is 42.9 Å². The number of hydrogen-bond donors (Lipinski definition) is 0. The maximum absolute atomic E-state index is 11.6. The predicted molar refractivity (Wildman–Crippen MR) is 95.2 cm³/mol. The van der Waals surface area contributed by atoms with Crippen molar-refractivity contribution in [2.24, 2.45) is 0 Å². The van der Waals surface area contributed by atoms with Gasteiger partial charge in [0.05, 0.1) is 10.7 Å². The molecular formula is C15H23Cl2NO3Si. The smallest absolute Gasteiger partial charge is 0.241 e. The number of nitrogens with zero attached hydrogens (tertiary/aromatic N) is 1. The molecule has 0 aliphatic heterocycles. The lowest BCUT2D eigenvalue weighted by Crippen LogP contribution is -2.27. The molecular weight excluding hydrogens is 341 g/mol. The molecule has 0 heterocycles. The van der Waals surface area contributed by atoms with E-state index in [1.165, 1.54) is 4.90 Å². The van der Waals surface area contributed by atoms with E-state index in [9.17, 15) is 4.79 Å². The highest BCUT2D eigenvalue weighted by Gasteiger charge is 2.14. The normalized spacial score (nSPS) is 11.4. The summed E-state index contributed by atoms with van der Waals surface area (Å²) in [6.07, 6.45) is 0. The van der Waals surface area contributed by atoms with Crippen molar-refractivity contribution in [3.8, 4) is 5.75 Å². The van der Waals surface area contributed by atoms with E-state index in [-0.39, 0.29) is 18.6 Å². The molecule has 0 aliphatic rings. The minimum absolute atomic E-state index is 0.0873. The Labute approximate surface area is 143 Å². The Hall–Kier alpha value is -0.753. The number of ether oxygens (including phenoxy) is 2. The predicted octanol–water partition coefficient (Wildman–Crippen LogP) is 4.23. The Morgan fingerprint density at radius 1 is 1.32 bits per heavy atom. The van der Waals surface area contributed by atoms with E-state index in [0.29, 0.717) is 23.1 Å². The number of halogens is 2. The summed E-state index contributed by atoms with van der Waals surface area (Å²) in [7, 11) is 0.551. The van der Waals surface area contributed by atoms with E-state index in [2.05, 4.69) is 19.6 Å². The maximum atomic E-state index is 11.6. The molecule has 0 fully saturated rings. The molecule has 0 radical (unpaired) electrons. The van der Waals surface area contributed by atoms with Crippen LogP contribution >= 0.6 is 23.2 Å². The van der Waals surface area contributed by atoms with Gasteiger partial charge in [-0.3, -0.25) is 4.79 Å². The van der Waals surface area contributed by atoms with Gasteiger partial charge in [-0.25, -0.2) is 0 Å². The first-order valence-electron chi connectivity index (χ1n) is 7.07. The zero-order valence-electron chi connectivity index (χ0n) is 13.5. The number of hydrogen-bond acceptors (Lipinski definition) is 3. The van der Waals surface area contributed by atoms with E-state index in [1.54, 1.807) is 25.2 Å².